The van der Waals surface area contributed by atoms with Crippen LogP contribution in [-0.2, 0) is 6.42 Å². The summed E-state index contributed by atoms with van der Waals surface area (Å²) in [4.78, 5) is 2.32. The molecule has 0 unspecified atom stereocenters. The summed E-state index contributed by atoms with van der Waals surface area (Å²) in [6.45, 7) is 8.20. The third-order valence-electron chi connectivity index (χ3n) is 2.76. The van der Waals surface area contributed by atoms with E-state index in [1.807, 2.05) is 6.08 Å². The van der Waals surface area contributed by atoms with Crippen LogP contribution in [0.4, 0.5) is 5.69 Å². The van der Waals surface area contributed by atoms with Gasteiger partial charge >= 0.3 is 0 Å². The van der Waals surface area contributed by atoms with E-state index in [0.717, 1.165) is 12.8 Å². The predicted octanol–water partition coefficient (Wildman–Crippen LogP) is 3.65. The molecule has 0 heterocycles. The zero-order valence-electron chi connectivity index (χ0n) is 10.0. The zero-order chi connectivity index (χ0) is 11.3. The van der Waals surface area contributed by atoms with Crippen molar-refractivity contribution in [1.29, 1.82) is 0 Å². The average molecular weight is 203 g/mol. The summed E-state index contributed by atoms with van der Waals surface area (Å²) in [6, 6.07) is 9.15. The van der Waals surface area contributed by atoms with Crippen LogP contribution in [0.1, 0.15) is 25.8 Å². The van der Waals surface area contributed by atoms with Gasteiger partial charge in [-0.3, -0.25) is 0 Å². The molecule has 0 N–H and O–H groups in total. The molecule has 0 aliphatic carbocycles. The first-order valence-electron chi connectivity index (χ1n) is 5.58. The average Bonchev–Trinajstić information content (AvgIpc) is 2.25. The Labute approximate surface area is 93.4 Å². The van der Waals surface area contributed by atoms with Gasteiger partial charge in [-0.2, -0.15) is 0 Å². The Morgan fingerprint density at radius 1 is 1.33 bits per heavy atom. The maximum atomic E-state index is 3.77. The van der Waals surface area contributed by atoms with Gasteiger partial charge in [0, 0.05) is 18.8 Å². The van der Waals surface area contributed by atoms with Gasteiger partial charge < -0.3 is 4.90 Å². The summed E-state index contributed by atoms with van der Waals surface area (Å²) in [6.07, 6.45) is 4.10. The van der Waals surface area contributed by atoms with Crippen molar-refractivity contribution in [3.05, 3.63) is 42.5 Å². The molecule has 0 spiro atoms. The molecule has 1 aromatic rings. The number of aryl methyl sites for hydroxylation is 1. The normalized spacial score (nSPS) is 10.4. The van der Waals surface area contributed by atoms with Gasteiger partial charge in [-0.15, -0.1) is 6.58 Å². The first-order chi connectivity index (χ1) is 7.16. The second-order valence-corrected chi connectivity index (χ2v) is 4.16. The molecule has 15 heavy (non-hydrogen) atoms. The molecule has 0 aromatic heterocycles. The number of benzene rings is 1. The second-order valence-electron chi connectivity index (χ2n) is 4.16. The fourth-order valence-corrected chi connectivity index (χ4v) is 1.60. The van der Waals surface area contributed by atoms with Gasteiger partial charge in [-0.25, -0.2) is 0 Å². The van der Waals surface area contributed by atoms with Gasteiger partial charge in [0.1, 0.15) is 0 Å². The molecule has 82 valence electrons. The van der Waals surface area contributed by atoms with Gasteiger partial charge in [0.2, 0.25) is 0 Å². The summed E-state index contributed by atoms with van der Waals surface area (Å²) < 4.78 is 0. The lowest BCUT2D eigenvalue weighted by Crippen LogP contribution is -2.26. The molecule has 0 atom stereocenters. The van der Waals surface area contributed by atoms with Crippen molar-refractivity contribution in [3.8, 4) is 0 Å². The van der Waals surface area contributed by atoms with Crippen molar-refractivity contribution in [1.82, 2.24) is 0 Å². The van der Waals surface area contributed by atoms with Crippen LogP contribution >= 0.6 is 0 Å². The smallest absolute Gasteiger partial charge is 0.0398 e. The molecule has 0 bridgehead atoms. The van der Waals surface area contributed by atoms with Crippen LogP contribution in [0, 0.1) is 0 Å². The number of para-hydroxylation sites is 1. The van der Waals surface area contributed by atoms with Crippen LogP contribution in [-0.4, -0.2) is 13.1 Å². The fraction of sp³-hybridized carbons (Fsp3) is 0.429. The lowest BCUT2D eigenvalue weighted by Gasteiger charge is -2.26. The number of anilines is 1. The van der Waals surface area contributed by atoms with Gasteiger partial charge in [-0.1, -0.05) is 24.3 Å². The van der Waals surface area contributed by atoms with E-state index in [-0.39, 0.29) is 0 Å². The summed E-state index contributed by atoms with van der Waals surface area (Å²) in [5, 5.41) is 0. The SMILES string of the molecule is C=CCCc1ccccc1N(C)C(C)C. The maximum Gasteiger partial charge on any atom is 0.0398 e. The molecule has 1 aromatic carbocycles. The first-order valence-corrected chi connectivity index (χ1v) is 5.58. The van der Waals surface area contributed by atoms with E-state index in [2.05, 4.69) is 56.6 Å². The van der Waals surface area contributed by atoms with E-state index >= 15 is 0 Å². The van der Waals surface area contributed by atoms with Gasteiger partial charge in [0.05, 0.1) is 0 Å². The topological polar surface area (TPSA) is 3.24 Å². The van der Waals surface area contributed by atoms with E-state index in [9.17, 15) is 0 Å². The van der Waals surface area contributed by atoms with Crippen LogP contribution < -0.4 is 4.90 Å². The lowest BCUT2D eigenvalue weighted by molar-refractivity contribution is 0.748. The largest absolute Gasteiger partial charge is 0.372 e. The molecular formula is C14H21N. The minimum atomic E-state index is 0.537. The number of rotatable bonds is 5. The first kappa shape index (κ1) is 11.8. The lowest BCUT2D eigenvalue weighted by atomic mass is 10.1. The molecule has 0 radical (unpaired) electrons. The zero-order valence-corrected chi connectivity index (χ0v) is 10.0. The van der Waals surface area contributed by atoms with Gasteiger partial charge in [0.15, 0.2) is 0 Å². The maximum absolute atomic E-state index is 3.77. The standard InChI is InChI=1S/C14H21N/c1-5-6-9-13-10-7-8-11-14(13)15(4)12(2)3/h5,7-8,10-12H,1,6,9H2,2-4H3. The Hall–Kier alpha value is -1.24. The Kier molecular flexibility index (Phi) is 4.41. The van der Waals surface area contributed by atoms with Crippen LogP contribution in [0.2, 0.25) is 0 Å². The number of hydrogen-bond donors (Lipinski definition) is 0. The summed E-state index contributed by atoms with van der Waals surface area (Å²) in [5.41, 5.74) is 2.75. The summed E-state index contributed by atoms with van der Waals surface area (Å²) >= 11 is 0. The van der Waals surface area contributed by atoms with E-state index in [1.54, 1.807) is 0 Å². The van der Waals surface area contributed by atoms with E-state index in [1.165, 1.54) is 11.3 Å². The molecule has 1 nitrogen and oxygen atoms in total. The Balaban J connectivity index is 2.89. The molecule has 0 fully saturated rings. The van der Waals surface area contributed by atoms with Crippen molar-refractivity contribution in [3.63, 3.8) is 0 Å². The Morgan fingerprint density at radius 3 is 2.60 bits per heavy atom. The minimum absolute atomic E-state index is 0.537. The highest BCUT2D eigenvalue weighted by atomic mass is 15.1. The van der Waals surface area contributed by atoms with Crippen molar-refractivity contribution in [2.45, 2.75) is 32.7 Å². The van der Waals surface area contributed by atoms with Crippen LogP contribution in [0.25, 0.3) is 0 Å². The molecule has 0 amide bonds. The summed E-state index contributed by atoms with van der Waals surface area (Å²) in [5.74, 6) is 0. The minimum Gasteiger partial charge on any atom is -0.372 e. The monoisotopic (exact) mass is 203 g/mol. The highest BCUT2D eigenvalue weighted by Crippen LogP contribution is 2.22. The van der Waals surface area contributed by atoms with Crippen LogP contribution in [0.5, 0.6) is 0 Å². The Morgan fingerprint density at radius 2 is 2.00 bits per heavy atom. The van der Waals surface area contributed by atoms with E-state index in [0.29, 0.717) is 6.04 Å². The second kappa shape index (κ2) is 5.59. The summed E-state index contributed by atoms with van der Waals surface area (Å²) in [7, 11) is 2.15. The quantitative estimate of drug-likeness (QED) is 0.660. The molecule has 0 saturated carbocycles. The van der Waals surface area contributed by atoms with Gasteiger partial charge in [0.25, 0.3) is 0 Å². The third-order valence-corrected chi connectivity index (χ3v) is 2.76. The molecular weight excluding hydrogens is 182 g/mol. The van der Waals surface area contributed by atoms with Crippen molar-refractivity contribution >= 4 is 5.69 Å². The number of nitrogens with zero attached hydrogens (tertiary/aromatic N) is 1. The molecule has 1 heteroatoms. The molecule has 0 saturated heterocycles. The van der Waals surface area contributed by atoms with Crippen molar-refractivity contribution < 1.29 is 0 Å². The number of hydrogen-bond acceptors (Lipinski definition) is 1. The fourth-order valence-electron chi connectivity index (χ4n) is 1.60. The Bertz CT molecular complexity index is 315. The third kappa shape index (κ3) is 3.12. The van der Waals surface area contributed by atoms with Crippen LogP contribution in [0.3, 0.4) is 0 Å². The molecule has 1 rings (SSSR count). The van der Waals surface area contributed by atoms with Crippen molar-refractivity contribution in [2.75, 3.05) is 11.9 Å². The number of allylic oxidation sites excluding steroid dienone is 1. The molecule has 0 aliphatic rings. The van der Waals surface area contributed by atoms with Crippen molar-refractivity contribution in [2.24, 2.45) is 0 Å². The van der Waals surface area contributed by atoms with Gasteiger partial charge in [-0.05, 0) is 38.3 Å². The predicted molar refractivity (Wildman–Crippen MR) is 68.5 cm³/mol. The van der Waals surface area contributed by atoms with E-state index in [4.69, 9.17) is 0 Å². The van der Waals surface area contributed by atoms with E-state index < -0.39 is 0 Å². The highest BCUT2D eigenvalue weighted by molar-refractivity contribution is 5.53. The molecule has 0 aliphatic heterocycles. The van der Waals surface area contributed by atoms with Crippen LogP contribution in [0.15, 0.2) is 36.9 Å². The highest BCUT2D eigenvalue weighted by Gasteiger charge is 2.08.